The number of hydrogen-bond donors (Lipinski definition) is 1. The lowest BCUT2D eigenvalue weighted by Crippen LogP contribution is -2.31. The fraction of sp³-hybridized carbons (Fsp3) is 0.462. The van der Waals surface area contributed by atoms with Crippen LogP contribution in [0, 0.1) is 0 Å². The highest BCUT2D eigenvalue weighted by Crippen LogP contribution is 2.25. The molecule has 0 spiro atoms. The Morgan fingerprint density at radius 1 is 1.56 bits per heavy atom. The Kier molecular flexibility index (Phi) is 3.13. The number of nitrogens with one attached hydrogen (secondary N) is 1. The molecule has 0 amide bonds. The number of para-hydroxylation sites is 1. The molecule has 1 aromatic carbocycles. The first-order chi connectivity index (χ1) is 7.70. The van der Waals surface area contributed by atoms with Gasteiger partial charge in [-0.3, -0.25) is 0 Å². The van der Waals surface area contributed by atoms with Gasteiger partial charge in [-0.2, -0.15) is 0 Å². The van der Waals surface area contributed by atoms with Crippen LogP contribution in [0.25, 0.3) is 0 Å². The summed E-state index contributed by atoms with van der Waals surface area (Å²) in [5.41, 5.74) is 2.24. The molecule has 1 aromatic rings. The summed E-state index contributed by atoms with van der Waals surface area (Å²) in [5.74, 6) is -0.148. The van der Waals surface area contributed by atoms with Crippen molar-refractivity contribution in [3.05, 3.63) is 29.8 Å². The van der Waals surface area contributed by atoms with Crippen LogP contribution < -0.4 is 5.32 Å². The maximum atomic E-state index is 11.8. The zero-order valence-electron chi connectivity index (χ0n) is 9.69. The van der Waals surface area contributed by atoms with Crippen molar-refractivity contribution in [3.8, 4) is 0 Å². The van der Waals surface area contributed by atoms with Crippen LogP contribution >= 0.6 is 0 Å². The Balaban J connectivity index is 1.98. The number of anilines is 1. The second-order valence-electron chi connectivity index (χ2n) is 4.21. The molecule has 3 nitrogen and oxygen atoms in total. The normalized spacial score (nSPS) is 19.8. The number of carbonyl (C=O) groups excluding carboxylic acids is 1. The van der Waals surface area contributed by atoms with Gasteiger partial charge in [-0.1, -0.05) is 25.1 Å². The Morgan fingerprint density at radius 2 is 2.31 bits per heavy atom. The van der Waals surface area contributed by atoms with Crippen molar-refractivity contribution in [3.63, 3.8) is 0 Å². The van der Waals surface area contributed by atoms with Crippen LogP contribution in [-0.2, 0) is 16.0 Å². The average Bonchev–Trinajstić information content (AvgIpc) is 2.72. The number of fused-ring (bicyclic) bond motifs is 1. The van der Waals surface area contributed by atoms with Gasteiger partial charge >= 0.3 is 5.97 Å². The van der Waals surface area contributed by atoms with E-state index in [-0.39, 0.29) is 18.1 Å². The smallest absolute Gasteiger partial charge is 0.329 e. The molecule has 0 saturated heterocycles. The highest BCUT2D eigenvalue weighted by atomic mass is 16.5. The standard InChI is InChI=1S/C13H17NO2/c1-3-9(2)16-13(15)12-8-10-6-4-5-7-11(10)14-12/h4-7,9,12,14H,3,8H2,1-2H3/t9?,12-/m0/s1. The molecule has 1 unspecified atom stereocenters. The largest absolute Gasteiger partial charge is 0.461 e. The van der Waals surface area contributed by atoms with Gasteiger partial charge in [0.05, 0.1) is 6.10 Å². The minimum absolute atomic E-state index is 0.00184. The first-order valence-electron chi connectivity index (χ1n) is 5.75. The lowest BCUT2D eigenvalue weighted by Gasteiger charge is -2.15. The number of esters is 1. The lowest BCUT2D eigenvalue weighted by atomic mass is 10.1. The van der Waals surface area contributed by atoms with E-state index < -0.39 is 0 Å². The molecule has 2 atom stereocenters. The molecular weight excluding hydrogens is 202 g/mol. The van der Waals surface area contributed by atoms with Crippen molar-refractivity contribution in [2.24, 2.45) is 0 Å². The molecule has 16 heavy (non-hydrogen) atoms. The van der Waals surface area contributed by atoms with Crippen LogP contribution in [0.5, 0.6) is 0 Å². The zero-order valence-corrected chi connectivity index (χ0v) is 9.69. The molecule has 0 bridgehead atoms. The van der Waals surface area contributed by atoms with E-state index in [0.717, 1.165) is 18.5 Å². The predicted octanol–water partition coefficient (Wildman–Crippen LogP) is 2.36. The van der Waals surface area contributed by atoms with E-state index in [2.05, 4.69) is 5.32 Å². The molecule has 0 fully saturated rings. The van der Waals surface area contributed by atoms with Gasteiger partial charge in [0.15, 0.2) is 0 Å². The third-order valence-electron chi connectivity index (χ3n) is 2.95. The van der Waals surface area contributed by atoms with Gasteiger partial charge in [0, 0.05) is 12.1 Å². The van der Waals surface area contributed by atoms with Crippen LogP contribution in [0.3, 0.4) is 0 Å². The van der Waals surface area contributed by atoms with E-state index >= 15 is 0 Å². The molecule has 0 aromatic heterocycles. The quantitative estimate of drug-likeness (QED) is 0.793. The van der Waals surface area contributed by atoms with Crippen LogP contribution in [0.15, 0.2) is 24.3 Å². The van der Waals surface area contributed by atoms with Gasteiger partial charge in [0.2, 0.25) is 0 Å². The molecule has 1 aliphatic heterocycles. The second kappa shape index (κ2) is 4.56. The second-order valence-corrected chi connectivity index (χ2v) is 4.21. The van der Waals surface area contributed by atoms with Gasteiger partial charge in [0.1, 0.15) is 6.04 Å². The number of ether oxygens (including phenoxy) is 1. The first kappa shape index (κ1) is 11.0. The maximum Gasteiger partial charge on any atom is 0.329 e. The number of rotatable bonds is 3. The summed E-state index contributed by atoms with van der Waals surface area (Å²) in [6, 6.07) is 7.77. The fourth-order valence-corrected chi connectivity index (χ4v) is 1.80. The van der Waals surface area contributed by atoms with E-state index in [1.807, 2.05) is 38.1 Å². The monoisotopic (exact) mass is 219 g/mol. The SMILES string of the molecule is CCC(C)OC(=O)[C@@H]1Cc2ccccc2N1. The molecule has 86 valence electrons. The van der Waals surface area contributed by atoms with Crippen molar-refractivity contribution in [1.29, 1.82) is 0 Å². The van der Waals surface area contributed by atoms with E-state index in [1.165, 1.54) is 5.56 Å². The Morgan fingerprint density at radius 3 is 3.00 bits per heavy atom. The predicted molar refractivity (Wildman–Crippen MR) is 63.4 cm³/mol. The Hall–Kier alpha value is -1.51. The van der Waals surface area contributed by atoms with E-state index in [1.54, 1.807) is 0 Å². The van der Waals surface area contributed by atoms with E-state index in [4.69, 9.17) is 4.74 Å². The van der Waals surface area contributed by atoms with Crippen molar-refractivity contribution in [1.82, 2.24) is 0 Å². The lowest BCUT2D eigenvalue weighted by molar-refractivity contribution is -0.149. The van der Waals surface area contributed by atoms with Crippen molar-refractivity contribution in [2.75, 3.05) is 5.32 Å². The molecule has 0 aliphatic carbocycles. The minimum atomic E-state index is -0.216. The third-order valence-corrected chi connectivity index (χ3v) is 2.95. The molecule has 1 heterocycles. The summed E-state index contributed by atoms with van der Waals surface area (Å²) in [6.45, 7) is 3.93. The van der Waals surface area contributed by atoms with Gasteiger partial charge in [-0.15, -0.1) is 0 Å². The number of benzene rings is 1. The zero-order chi connectivity index (χ0) is 11.5. The van der Waals surface area contributed by atoms with Crippen molar-refractivity contribution >= 4 is 11.7 Å². The van der Waals surface area contributed by atoms with E-state index in [0.29, 0.717) is 0 Å². The summed E-state index contributed by atoms with van der Waals surface area (Å²) in [4.78, 5) is 11.8. The van der Waals surface area contributed by atoms with E-state index in [9.17, 15) is 4.79 Å². The minimum Gasteiger partial charge on any atom is -0.461 e. The highest BCUT2D eigenvalue weighted by Gasteiger charge is 2.28. The van der Waals surface area contributed by atoms with Crippen LogP contribution in [0.1, 0.15) is 25.8 Å². The summed E-state index contributed by atoms with van der Waals surface area (Å²) in [6.07, 6.45) is 1.58. The Bertz CT molecular complexity index is 364. The number of hydrogen-bond acceptors (Lipinski definition) is 3. The molecule has 1 N–H and O–H groups in total. The van der Waals surface area contributed by atoms with Gasteiger partial charge in [-0.25, -0.2) is 4.79 Å². The highest BCUT2D eigenvalue weighted by molar-refractivity contribution is 5.82. The van der Waals surface area contributed by atoms with Crippen molar-refractivity contribution in [2.45, 2.75) is 38.8 Å². The fourth-order valence-electron chi connectivity index (χ4n) is 1.80. The van der Waals surface area contributed by atoms with Crippen LogP contribution in [0.2, 0.25) is 0 Å². The van der Waals surface area contributed by atoms with Gasteiger partial charge in [-0.05, 0) is 25.0 Å². The molecule has 3 heteroatoms. The maximum absolute atomic E-state index is 11.8. The molecule has 0 radical (unpaired) electrons. The third kappa shape index (κ3) is 2.18. The topological polar surface area (TPSA) is 38.3 Å². The summed E-state index contributed by atoms with van der Waals surface area (Å²) < 4.78 is 5.31. The van der Waals surface area contributed by atoms with Crippen molar-refractivity contribution < 1.29 is 9.53 Å². The Labute approximate surface area is 95.8 Å². The first-order valence-corrected chi connectivity index (χ1v) is 5.75. The van der Waals surface area contributed by atoms with Crippen LogP contribution in [0.4, 0.5) is 5.69 Å². The summed E-state index contributed by atoms with van der Waals surface area (Å²) in [7, 11) is 0. The van der Waals surface area contributed by atoms with Crippen LogP contribution in [-0.4, -0.2) is 18.1 Å². The molecule has 0 saturated carbocycles. The summed E-state index contributed by atoms with van der Waals surface area (Å²) in [5, 5.41) is 3.19. The molecule has 2 rings (SSSR count). The molecule has 1 aliphatic rings. The van der Waals surface area contributed by atoms with Gasteiger partial charge < -0.3 is 10.1 Å². The van der Waals surface area contributed by atoms with Gasteiger partial charge in [0.25, 0.3) is 0 Å². The molecular formula is C13H17NO2. The summed E-state index contributed by atoms with van der Waals surface area (Å²) >= 11 is 0. The number of carbonyl (C=O) groups is 1. The average molecular weight is 219 g/mol.